The van der Waals surface area contributed by atoms with Crippen LogP contribution in [0.2, 0.25) is 10.0 Å². The van der Waals surface area contributed by atoms with Crippen LogP contribution in [0.5, 0.6) is 0 Å². The number of hydrogen-bond acceptors (Lipinski definition) is 3. The highest BCUT2D eigenvalue weighted by Gasteiger charge is 2.25. The van der Waals surface area contributed by atoms with Crippen LogP contribution in [0, 0.1) is 11.3 Å². The van der Waals surface area contributed by atoms with E-state index in [4.69, 9.17) is 28.9 Å². The third kappa shape index (κ3) is 4.57. The SMILES string of the molecule is CC(CNS(=O)(=O)c1ccc(Cl)c(CN)c1Cl)C(C)(C)C. The molecule has 1 aromatic carbocycles. The number of rotatable bonds is 5. The molecule has 1 unspecified atom stereocenters. The van der Waals surface area contributed by atoms with Gasteiger partial charge in [-0.05, 0) is 23.5 Å². The first-order valence-corrected chi connectivity index (χ1v) is 8.91. The minimum absolute atomic E-state index is 0.00866. The molecule has 7 heteroatoms. The average Bonchev–Trinajstić information content (AvgIpc) is 2.35. The summed E-state index contributed by atoms with van der Waals surface area (Å²) in [6.07, 6.45) is 0. The highest BCUT2D eigenvalue weighted by Crippen LogP contribution is 2.31. The van der Waals surface area contributed by atoms with E-state index in [9.17, 15) is 8.42 Å². The second-order valence-electron chi connectivity index (χ2n) is 6.16. The van der Waals surface area contributed by atoms with Gasteiger partial charge >= 0.3 is 0 Å². The zero-order valence-corrected chi connectivity index (χ0v) is 15.0. The van der Waals surface area contributed by atoms with Crippen molar-refractivity contribution < 1.29 is 8.42 Å². The first kappa shape index (κ1) is 18.7. The Hall–Kier alpha value is -0.330. The Balaban J connectivity index is 3.05. The summed E-state index contributed by atoms with van der Waals surface area (Å²) in [6.45, 7) is 8.61. The lowest BCUT2D eigenvalue weighted by molar-refractivity contribution is 0.263. The summed E-state index contributed by atoms with van der Waals surface area (Å²) in [6, 6.07) is 2.89. The minimum Gasteiger partial charge on any atom is -0.326 e. The molecule has 21 heavy (non-hydrogen) atoms. The summed E-state index contributed by atoms with van der Waals surface area (Å²) < 4.78 is 27.4. The summed E-state index contributed by atoms with van der Waals surface area (Å²) in [7, 11) is -3.69. The van der Waals surface area contributed by atoms with Gasteiger partial charge in [0.05, 0.1) is 5.02 Å². The predicted molar refractivity (Wildman–Crippen MR) is 88.2 cm³/mol. The van der Waals surface area contributed by atoms with E-state index in [1.165, 1.54) is 12.1 Å². The number of sulfonamides is 1. The lowest BCUT2D eigenvalue weighted by Gasteiger charge is -2.27. The summed E-state index contributed by atoms with van der Waals surface area (Å²) in [5.74, 6) is 0.173. The molecular formula is C14H22Cl2N2O2S. The van der Waals surface area contributed by atoms with Crippen LogP contribution < -0.4 is 10.5 Å². The first-order valence-electron chi connectivity index (χ1n) is 6.67. The summed E-state index contributed by atoms with van der Waals surface area (Å²) in [4.78, 5) is 0.00938. The molecule has 0 aromatic heterocycles. The fraction of sp³-hybridized carbons (Fsp3) is 0.571. The van der Waals surface area contributed by atoms with Crippen molar-refractivity contribution in [2.75, 3.05) is 6.54 Å². The predicted octanol–water partition coefficient (Wildman–Crippen LogP) is 3.41. The van der Waals surface area contributed by atoms with Crippen LogP contribution in [0.15, 0.2) is 17.0 Å². The normalized spacial score (nSPS) is 14.2. The molecule has 0 fully saturated rings. The fourth-order valence-corrected chi connectivity index (χ4v) is 3.65. The van der Waals surface area contributed by atoms with Gasteiger partial charge in [0.25, 0.3) is 0 Å². The smallest absolute Gasteiger partial charge is 0.242 e. The summed E-state index contributed by atoms with van der Waals surface area (Å²) in [5.41, 5.74) is 6.00. The molecular weight excluding hydrogens is 331 g/mol. The Bertz CT molecular complexity index is 610. The highest BCUT2D eigenvalue weighted by molar-refractivity contribution is 7.89. The molecule has 0 aliphatic carbocycles. The Morgan fingerprint density at radius 2 is 1.86 bits per heavy atom. The van der Waals surface area contributed by atoms with Crippen LogP contribution in [0.1, 0.15) is 33.3 Å². The Morgan fingerprint density at radius 1 is 1.29 bits per heavy atom. The van der Waals surface area contributed by atoms with E-state index in [1.54, 1.807) is 0 Å². The van der Waals surface area contributed by atoms with E-state index in [0.29, 0.717) is 17.1 Å². The van der Waals surface area contributed by atoms with Gasteiger partial charge in [-0.2, -0.15) is 0 Å². The van der Waals surface area contributed by atoms with Crippen molar-refractivity contribution in [1.82, 2.24) is 4.72 Å². The number of nitrogens with two attached hydrogens (primary N) is 1. The molecule has 0 heterocycles. The largest absolute Gasteiger partial charge is 0.326 e. The number of nitrogens with one attached hydrogen (secondary N) is 1. The van der Waals surface area contributed by atoms with E-state index >= 15 is 0 Å². The molecule has 0 amide bonds. The number of hydrogen-bond donors (Lipinski definition) is 2. The van der Waals surface area contributed by atoms with Crippen molar-refractivity contribution in [1.29, 1.82) is 0 Å². The maximum atomic E-state index is 12.4. The van der Waals surface area contributed by atoms with E-state index in [0.717, 1.165) is 0 Å². The molecule has 3 N–H and O–H groups in total. The second-order valence-corrected chi connectivity index (χ2v) is 8.68. The number of benzene rings is 1. The van der Waals surface area contributed by atoms with Crippen LogP contribution in [0.4, 0.5) is 0 Å². The molecule has 0 radical (unpaired) electrons. The van der Waals surface area contributed by atoms with Gasteiger partial charge in [0.1, 0.15) is 4.90 Å². The van der Waals surface area contributed by atoms with Gasteiger partial charge < -0.3 is 5.73 Å². The monoisotopic (exact) mass is 352 g/mol. The molecule has 0 bridgehead atoms. The molecule has 0 aliphatic heterocycles. The van der Waals surface area contributed by atoms with E-state index in [2.05, 4.69) is 25.5 Å². The molecule has 0 saturated heterocycles. The van der Waals surface area contributed by atoms with Gasteiger partial charge in [0.15, 0.2) is 0 Å². The van der Waals surface area contributed by atoms with E-state index < -0.39 is 10.0 Å². The molecule has 1 aromatic rings. The van der Waals surface area contributed by atoms with Gasteiger partial charge in [-0.25, -0.2) is 13.1 Å². The highest BCUT2D eigenvalue weighted by atomic mass is 35.5. The van der Waals surface area contributed by atoms with Crippen LogP contribution in [-0.2, 0) is 16.6 Å². The third-order valence-electron chi connectivity index (χ3n) is 3.70. The minimum atomic E-state index is -3.69. The molecule has 0 spiro atoms. The lowest BCUT2D eigenvalue weighted by Crippen LogP contribution is -2.33. The maximum absolute atomic E-state index is 12.4. The average molecular weight is 353 g/mol. The van der Waals surface area contributed by atoms with Crippen LogP contribution >= 0.6 is 23.2 Å². The Morgan fingerprint density at radius 3 is 2.33 bits per heavy atom. The maximum Gasteiger partial charge on any atom is 0.242 e. The fourth-order valence-electron chi connectivity index (χ4n) is 1.59. The van der Waals surface area contributed by atoms with Crippen molar-refractivity contribution >= 4 is 33.2 Å². The van der Waals surface area contributed by atoms with Gasteiger partial charge in [0, 0.05) is 23.7 Å². The molecule has 1 atom stereocenters. The van der Waals surface area contributed by atoms with Crippen molar-refractivity contribution in [2.24, 2.45) is 17.1 Å². The number of halogens is 2. The van der Waals surface area contributed by atoms with Crippen LogP contribution in [0.3, 0.4) is 0 Å². The quantitative estimate of drug-likeness (QED) is 0.852. The molecule has 4 nitrogen and oxygen atoms in total. The van der Waals surface area contributed by atoms with Crippen LogP contribution in [-0.4, -0.2) is 15.0 Å². The molecule has 0 saturated carbocycles. The van der Waals surface area contributed by atoms with Crippen molar-refractivity contribution in [3.05, 3.63) is 27.7 Å². The van der Waals surface area contributed by atoms with Crippen molar-refractivity contribution in [3.8, 4) is 0 Å². The zero-order chi connectivity index (χ0) is 16.4. The molecule has 0 aliphatic rings. The summed E-state index contributed by atoms with van der Waals surface area (Å²) >= 11 is 12.1. The summed E-state index contributed by atoms with van der Waals surface area (Å²) in [5, 5.41) is 0.449. The molecule has 1 rings (SSSR count). The van der Waals surface area contributed by atoms with Gasteiger partial charge in [-0.1, -0.05) is 50.9 Å². The van der Waals surface area contributed by atoms with E-state index in [-0.39, 0.29) is 27.8 Å². The standard InChI is InChI=1S/C14H22Cl2N2O2S/c1-9(14(2,3)4)8-18-21(19,20)12-6-5-11(15)10(7-17)13(12)16/h5-6,9,18H,7-8,17H2,1-4H3. The Labute approximate surface area is 137 Å². The Kier molecular flexibility index (Phi) is 6.09. The third-order valence-corrected chi connectivity index (χ3v) is 6.07. The second kappa shape index (κ2) is 6.84. The first-order chi connectivity index (χ1) is 9.50. The lowest BCUT2D eigenvalue weighted by atomic mass is 9.82. The van der Waals surface area contributed by atoms with Crippen LogP contribution in [0.25, 0.3) is 0 Å². The van der Waals surface area contributed by atoms with Crippen molar-refractivity contribution in [2.45, 2.75) is 39.1 Å². The van der Waals surface area contributed by atoms with Crippen molar-refractivity contribution in [3.63, 3.8) is 0 Å². The topological polar surface area (TPSA) is 72.2 Å². The van der Waals surface area contributed by atoms with E-state index in [1.807, 2.05) is 6.92 Å². The zero-order valence-electron chi connectivity index (χ0n) is 12.7. The van der Waals surface area contributed by atoms with Gasteiger partial charge in [-0.3, -0.25) is 0 Å². The van der Waals surface area contributed by atoms with Gasteiger partial charge in [0.2, 0.25) is 10.0 Å². The molecule has 120 valence electrons. The van der Waals surface area contributed by atoms with Gasteiger partial charge in [-0.15, -0.1) is 0 Å².